The van der Waals surface area contributed by atoms with Crippen molar-refractivity contribution in [3.05, 3.63) is 33.9 Å². The second-order valence-corrected chi connectivity index (χ2v) is 5.79. The molecule has 1 unspecified atom stereocenters. The van der Waals surface area contributed by atoms with Gasteiger partial charge >= 0.3 is 0 Å². The van der Waals surface area contributed by atoms with Crippen molar-refractivity contribution >= 4 is 17.3 Å². The Bertz CT molecular complexity index is 521. The number of nitrogens with one attached hydrogen (secondary N) is 1. The maximum Gasteiger partial charge on any atom is 0.274 e. The van der Waals surface area contributed by atoms with Gasteiger partial charge in [-0.3, -0.25) is 14.9 Å². The Hall–Kier alpha value is -1.95. The Kier molecular flexibility index (Phi) is 4.83. The number of hydrogen-bond acceptors (Lipinski definition) is 4. The van der Waals surface area contributed by atoms with Crippen molar-refractivity contribution < 1.29 is 9.72 Å². The van der Waals surface area contributed by atoms with E-state index in [1.54, 1.807) is 12.1 Å². The molecule has 3 N–H and O–H groups in total. The van der Waals surface area contributed by atoms with Crippen LogP contribution in [-0.2, 0) is 11.2 Å². The van der Waals surface area contributed by atoms with E-state index in [4.69, 9.17) is 5.73 Å². The highest BCUT2D eigenvalue weighted by Crippen LogP contribution is 2.25. The molecular formula is C14H21N3O3. The lowest BCUT2D eigenvalue weighted by molar-refractivity contribution is -0.385. The van der Waals surface area contributed by atoms with Gasteiger partial charge in [0, 0.05) is 17.3 Å². The maximum absolute atomic E-state index is 12.0. The van der Waals surface area contributed by atoms with Crippen molar-refractivity contribution in [1.29, 1.82) is 0 Å². The van der Waals surface area contributed by atoms with Gasteiger partial charge in [-0.1, -0.05) is 33.8 Å². The molecule has 0 aromatic heterocycles. The largest absolute Gasteiger partial charge is 0.324 e. The molecule has 6 nitrogen and oxygen atoms in total. The minimum Gasteiger partial charge on any atom is -0.324 e. The SMILES string of the molecule is CCc1ccc(NC(=O)C(N)C(C)(C)C)cc1[N+](=O)[O-]. The Labute approximate surface area is 118 Å². The number of aryl methyl sites for hydroxylation is 1. The highest BCUT2D eigenvalue weighted by molar-refractivity contribution is 5.95. The molecule has 0 aliphatic heterocycles. The Morgan fingerprint density at radius 3 is 2.50 bits per heavy atom. The lowest BCUT2D eigenvalue weighted by Gasteiger charge is -2.25. The van der Waals surface area contributed by atoms with Gasteiger partial charge < -0.3 is 11.1 Å². The lowest BCUT2D eigenvalue weighted by atomic mass is 9.87. The Balaban J connectivity index is 2.97. The molecular weight excluding hydrogens is 258 g/mol. The van der Waals surface area contributed by atoms with Crippen LogP contribution in [0.3, 0.4) is 0 Å². The predicted octanol–water partition coefficient (Wildman–Crippen LogP) is 2.47. The third kappa shape index (κ3) is 3.77. The number of rotatable bonds is 4. The monoisotopic (exact) mass is 279 g/mol. The first-order valence-corrected chi connectivity index (χ1v) is 6.50. The van der Waals surface area contributed by atoms with E-state index in [9.17, 15) is 14.9 Å². The molecule has 0 heterocycles. The lowest BCUT2D eigenvalue weighted by Crippen LogP contribution is -2.45. The van der Waals surface area contributed by atoms with Crippen LogP contribution in [0.25, 0.3) is 0 Å². The summed E-state index contributed by atoms with van der Waals surface area (Å²) in [6.07, 6.45) is 0.562. The highest BCUT2D eigenvalue weighted by Gasteiger charge is 2.27. The summed E-state index contributed by atoms with van der Waals surface area (Å²) in [6.45, 7) is 7.43. The molecule has 0 fully saturated rings. The molecule has 0 aliphatic carbocycles. The molecule has 110 valence electrons. The number of benzene rings is 1. The molecule has 0 aliphatic rings. The number of carbonyl (C=O) groups excluding carboxylic acids is 1. The number of nitro groups is 1. The van der Waals surface area contributed by atoms with E-state index in [-0.39, 0.29) is 17.0 Å². The maximum atomic E-state index is 12.0. The molecule has 1 aromatic rings. The smallest absolute Gasteiger partial charge is 0.274 e. The number of amides is 1. The summed E-state index contributed by atoms with van der Waals surface area (Å²) in [4.78, 5) is 22.5. The average Bonchev–Trinajstić information content (AvgIpc) is 2.36. The first-order valence-electron chi connectivity index (χ1n) is 6.50. The van der Waals surface area contributed by atoms with Crippen molar-refractivity contribution in [2.24, 2.45) is 11.1 Å². The molecule has 0 saturated heterocycles. The van der Waals surface area contributed by atoms with Gasteiger partial charge in [-0.25, -0.2) is 0 Å². The van der Waals surface area contributed by atoms with Gasteiger partial charge in [0.15, 0.2) is 0 Å². The summed E-state index contributed by atoms with van der Waals surface area (Å²) in [5.41, 5.74) is 6.50. The van der Waals surface area contributed by atoms with E-state index in [1.165, 1.54) is 6.07 Å². The van der Waals surface area contributed by atoms with Crippen molar-refractivity contribution in [3.63, 3.8) is 0 Å². The van der Waals surface area contributed by atoms with Gasteiger partial charge in [0.1, 0.15) is 0 Å². The molecule has 0 spiro atoms. The standard InChI is InChI=1S/C14H21N3O3/c1-5-9-6-7-10(8-11(9)17(19)20)16-13(18)12(15)14(2,3)4/h6-8,12H,5,15H2,1-4H3,(H,16,18). The predicted molar refractivity (Wildman–Crippen MR) is 78.5 cm³/mol. The molecule has 1 rings (SSSR count). The van der Waals surface area contributed by atoms with Crippen LogP contribution in [0.1, 0.15) is 33.3 Å². The third-order valence-electron chi connectivity index (χ3n) is 3.15. The molecule has 0 saturated carbocycles. The topological polar surface area (TPSA) is 98.3 Å². The van der Waals surface area contributed by atoms with Crippen molar-refractivity contribution in [3.8, 4) is 0 Å². The van der Waals surface area contributed by atoms with Crippen LogP contribution in [0.2, 0.25) is 0 Å². The van der Waals surface area contributed by atoms with Gasteiger partial charge in [-0.15, -0.1) is 0 Å². The normalized spacial score (nSPS) is 12.8. The van der Waals surface area contributed by atoms with E-state index < -0.39 is 11.0 Å². The third-order valence-corrected chi connectivity index (χ3v) is 3.15. The summed E-state index contributed by atoms with van der Waals surface area (Å²) in [6, 6.07) is 3.98. The highest BCUT2D eigenvalue weighted by atomic mass is 16.6. The van der Waals surface area contributed by atoms with Crippen molar-refractivity contribution in [1.82, 2.24) is 0 Å². The van der Waals surface area contributed by atoms with Crippen LogP contribution in [0, 0.1) is 15.5 Å². The zero-order chi connectivity index (χ0) is 15.5. The number of carbonyl (C=O) groups is 1. The van der Waals surface area contributed by atoms with Crippen LogP contribution in [0.15, 0.2) is 18.2 Å². The minimum absolute atomic E-state index is 0.00892. The van der Waals surface area contributed by atoms with Crippen LogP contribution < -0.4 is 11.1 Å². The van der Waals surface area contributed by atoms with E-state index in [0.29, 0.717) is 17.7 Å². The van der Waals surface area contributed by atoms with E-state index in [0.717, 1.165) is 0 Å². The van der Waals surface area contributed by atoms with Gasteiger partial charge in [-0.2, -0.15) is 0 Å². The van der Waals surface area contributed by atoms with E-state index >= 15 is 0 Å². The van der Waals surface area contributed by atoms with E-state index in [2.05, 4.69) is 5.32 Å². The fourth-order valence-corrected chi connectivity index (χ4v) is 1.72. The first kappa shape index (κ1) is 16.1. The molecule has 20 heavy (non-hydrogen) atoms. The number of nitrogens with two attached hydrogens (primary N) is 1. The fraction of sp³-hybridized carbons (Fsp3) is 0.500. The summed E-state index contributed by atoms with van der Waals surface area (Å²) in [7, 11) is 0. The van der Waals surface area contributed by atoms with Crippen LogP contribution in [-0.4, -0.2) is 16.9 Å². The van der Waals surface area contributed by atoms with Crippen molar-refractivity contribution in [2.75, 3.05) is 5.32 Å². The van der Waals surface area contributed by atoms with Gasteiger partial charge in [0.25, 0.3) is 5.69 Å². The summed E-state index contributed by atoms with van der Waals surface area (Å²) >= 11 is 0. The van der Waals surface area contributed by atoms with Crippen LogP contribution in [0.4, 0.5) is 11.4 Å². The second kappa shape index (κ2) is 6.00. The minimum atomic E-state index is -0.688. The zero-order valence-electron chi connectivity index (χ0n) is 12.3. The molecule has 1 aromatic carbocycles. The quantitative estimate of drug-likeness (QED) is 0.653. The average molecular weight is 279 g/mol. The Morgan fingerprint density at radius 1 is 1.45 bits per heavy atom. The molecule has 6 heteroatoms. The summed E-state index contributed by atoms with van der Waals surface area (Å²) < 4.78 is 0. The second-order valence-electron chi connectivity index (χ2n) is 5.79. The van der Waals surface area contributed by atoms with Crippen molar-refractivity contribution in [2.45, 2.75) is 40.2 Å². The van der Waals surface area contributed by atoms with Crippen LogP contribution >= 0.6 is 0 Å². The van der Waals surface area contributed by atoms with Gasteiger partial charge in [-0.05, 0) is 17.9 Å². The number of hydrogen-bond donors (Lipinski definition) is 2. The molecule has 1 amide bonds. The van der Waals surface area contributed by atoms with Gasteiger partial charge in [0.05, 0.1) is 11.0 Å². The van der Waals surface area contributed by atoms with Crippen LogP contribution in [0.5, 0.6) is 0 Å². The molecule has 1 atom stereocenters. The number of anilines is 1. The number of nitrogens with zero attached hydrogens (tertiary/aromatic N) is 1. The number of nitro benzene ring substituents is 1. The summed E-state index contributed by atoms with van der Waals surface area (Å²) in [5.74, 6) is -0.351. The molecule has 0 bridgehead atoms. The summed E-state index contributed by atoms with van der Waals surface area (Å²) in [5, 5.41) is 13.6. The zero-order valence-corrected chi connectivity index (χ0v) is 12.3. The first-order chi connectivity index (χ1) is 9.16. The fourth-order valence-electron chi connectivity index (χ4n) is 1.72. The van der Waals surface area contributed by atoms with Gasteiger partial charge in [0.2, 0.25) is 5.91 Å². The molecule has 0 radical (unpaired) electrons. The van der Waals surface area contributed by atoms with E-state index in [1.807, 2.05) is 27.7 Å². The Morgan fingerprint density at radius 2 is 2.05 bits per heavy atom.